The zero-order valence-electron chi connectivity index (χ0n) is 12.8. The van der Waals surface area contributed by atoms with Crippen molar-refractivity contribution in [2.24, 2.45) is 5.73 Å². The van der Waals surface area contributed by atoms with Gasteiger partial charge in [0.2, 0.25) is 0 Å². The minimum absolute atomic E-state index is 0.0256. The summed E-state index contributed by atoms with van der Waals surface area (Å²) in [4.78, 5) is 0. The van der Waals surface area contributed by atoms with E-state index < -0.39 is 0 Å². The molecule has 0 heterocycles. The van der Waals surface area contributed by atoms with Crippen molar-refractivity contribution >= 4 is 10.8 Å². The van der Waals surface area contributed by atoms with Gasteiger partial charge in [0.1, 0.15) is 11.9 Å². The predicted octanol–water partition coefficient (Wildman–Crippen LogP) is 4.70. The van der Waals surface area contributed by atoms with E-state index in [0.29, 0.717) is 0 Å². The van der Waals surface area contributed by atoms with Crippen LogP contribution in [-0.4, -0.2) is 6.04 Å². The van der Waals surface area contributed by atoms with Gasteiger partial charge >= 0.3 is 0 Å². The zero-order valence-corrected chi connectivity index (χ0v) is 12.8. The Morgan fingerprint density at radius 3 is 2.27 bits per heavy atom. The third kappa shape index (κ3) is 3.46. The molecule has 0 amide bonds. The Hall–Kier alpha value is -2.32. The third-order valence-electron chi connectivity index (χ3n) is 3.76. The fraction of sp³-hybridized carbons (Fsp3) is 0.200. The molecule has 0 aromatic heterocycles. The maximum absolute atomic E-state index is 6.24. The van der Waals surface area contributed by atoms with Gasteiger partial charge in [0, 0.05) is 12.5 Å². The van der Waals surface area contributed by atoms with Crippen LogP contribution in [0.25, 0.3) is 10.8 Å². The summed E-state index contributed by atoms with van der Waals surface area (Å²) in [5.41, 5.74) is 7.15. The lowest BCUT2D eigenvalue weighted by Gasteiger charge is -2.21. The lowest BCUT2D eigenvalue weighted by molar-refractivity contribution is 0.187. The molecule has 0 spiro atoms. The smallest absolute Gasteiger partial charge is 0.125 e. The van der Waals surface area contributed by atoms with Gasteiger partial charge in [-0.25, -0.2) is 0 Å². The third-order valence-corrected chi connectivity index (χ3v) is 3.76. The van der Waals surface area contributed by atoms with Gasteiger partial charge in [-0.05, 0) is 35.4 Å². The van der Waals surface area contributed by atoms with Gasteiger partial charge in [-0.1, -0.05) is 60.7 Å². The van der Waals surface area contributed by atoms with Crippen LogP contribution in [-0.2, 0) is 0 Å². The minimum atomic E-state index is -0.0256. The highest BCUT2D eigenvalue weighted by atomic mass is 16.5. The van der Waals surface area contributed by atoms with Gasteiger partial charge in [-0.3, -0.25) is 0 Å². The van der Waals surface area contributed by atoms with E-state index in [-0.39, 0.29) is 12.1 Å². The Balaban J connectivity index is 1.88. The largest absolute Gasteiger partial charge is 0.486 e. The van der Waals surface area contributed by atoms with Gasteiger partial charge < -0.3 is 10.5 Å². The second-order valence-corrected chi connectivity index (χ2v) is 5.74. The van der Waals surface area contributed by atoms with E-state index in [9.17, 15) is 0 Å². The number of ether oxygens (including phenoxy) is 1. The van der Waals surface area contributed by atoms with Crippen LogP contribution in [0.1, 0.15) is 25.0 Å². The molecular weight excluding hydrogens is 270 g/mol. The molecule has 3 aromatic rings. The summed E-state index contributed by atoms with van der Waals surface area (Å²) in [6.07, 6.45) is 0.763. The fourth-order valence-corrected chi connectivity index (χ4v) is 2.66. The monoisotopic (exact) mass is 291 g/mol. The van der Waals surface area contributed by atoms with Crippen LogP contribution < -0.4 is 10.5 Å². The molecule has 2 heteroatoms. The molecule has 0 bridgehead atoms. The van der Waals surface area contributed by atoms with Crippen LogP contribution in [0.15, 0.2) is 72.8 Å². The molecule has 0 aliphatic carbocycles. The SMILES string of the molecule is CC(N)CC(Oc1ccc2ccccc2c1)c1ccccc1. The second-order valence-electron chi connectivity index (χ2n) is 5.74. The molecule has 0 saturated heterocycles. The molecule has 0 radical (unpaired) electrons. The molecule has 0 aliphatic rings. The first-order valence-corrected chi connectivity index (χ1v) is 7.68. The average Bonchev–Trinajstić information content (AvgIpc) is 2.54. The molecular formula is C20H21NO. The quantitative estimate of drug-likeness (QED) is 0.739. The number of fused-ring (bicyclic) bond motifs is 1. The number of hydrogen-bond acceptors (Lipinski definition) is 2. The summed E-state index contributed by atoms with van der Waals surface area (Å²) in [5.74, 6) is 0.883. The molecule has 112 valence electrons. The van der Waals surface area contributed by atoms with E-state index in [4.69, 9.17) is 10.5 Å². The predicted molar refractivity (Wildman–Crippen MR) is 92.0 cm³/mol. The highest BCUT2D eigenvalue weighted by Gasteiger charge is 2.15. The van der Waals surface area contributed by atoms with E-state index in [2.05, 4.69) is 36.4 Å². The maximum Gasteiger partial charge on any atom is 0.125 e. The van der Waals surface area contributed by atoms with Crippen molar-refractivity contribution < 1.29 is 4.74 Å². The van der Waals surface area contributed by atoms with E-state index >= 15 is 0 Å². The Labute approximate surface area is 131 Å². The molecule has 3 aromatic carbocycles. The molecule has 0 fully saturated rings. The van der Waals surface area contributed by atoms with Crippen LogP contribution in [0.5, 0.6) is 5.75 Å². The van der Waals surface area contributed by atoms with Crippen LogP contribution in [0, 0.1) is 0 Å². The molecule has 2 atom stereocenters. The summed E-state index contributed by atoms with van der Waals surface area (Å²) in [6, 6.07) is 24.9. The van der Waals surface area contributed by atoms with E-state index in [0.717, 1.165) is 17.7 Å². The lowest BCUT2D eigenvalue weighted by Crippen LogP contribution is -2.21. The highest BCUT2D eigenvalue weighted by Crippen LogP contribution is 2.28. The van der Waals surface area contributed by atoms with Crippen LogP contribution in [0.2, 0.25) is 0 Å². The molecule has 3 rings (SSSR count). The molecule has 2 unspecified atom stereocenters. The Morgan fingerprint density at radius 1 is 0.864 bits per heavy atom. The van der Waals surface area contributed by atoms with Crippen molar-refractivity contribution in [3.8, 4) is 5.75 Å². The summed E-state index contributed by atoms with van der Waals surface area (Å²) < 4.78 is 6.24. The van der Waals surface area contributed by atoms with Crippen molar-refractivity contribution in [3.05, 3.63) is 78.4 Å². The molecule has 2 nitrogen and oxygen atoms in total. The van der Waals surface area contributed by atoms with Gasteiger partial charge in [-0.15, -0.1) is 0 Å². The summed E-state index contributed by atoms with van der Waals surface area (Å²) in [7, 11) is 0. The molecule has 2 N–H and O–H groups in total. The second kappa shape index (κ2) is 6.63. The topological polar surface area (TPSA) is 35.2 Å². The summed E-state index contributed by atoms with van der Waals surface area (Å²) >= 11 is 0. The zero-order chi connectivity index (χ0) is 15.4. The molecule has 0 aliphatic heterocycles. The summed E-state index contributed by atoms with van der Waals surface area (Å²) in [5, 5.41) is 2.41. The van der Waals surface area contributed by atoms with Gasteiger partial charge in [0.25, 0.3) is 0 Å². The number of hydrogen-bond donors (Lipinski definition) is 1. The molecule has 0 saturated carbocycles. The van der Waals surface area contributed by atoms with Crippen molar-refractivity contribution in [3.63, 3.8) is 0 Å². The Bertz CT molecular complexity index is 737. The molecule has 22 heavy (non-hydrogen) atoms. The van der Waals surface area contributed by atoms with Gasteiger partial charge in [0.15, 0.2) is 0 Å². The maximum atomic E-state index is 6.24. The van der Waals surface area contributed by atoms with Gasteiger partial charge in [-0.2, -0.15) is 0 Å². The Kier molecular flexibility index (Phi) is 4.40. The van der Waals surface area contributed by atoms with Crippen molar-refractivity contribution in [2.45, 2.75) is 25.5 Å². The lowest BCUT2D eigenvalue weighted by atomic mass is 10.0. The standard InChI is InChI=1S/C20H21NO/c1-15(21)13-20(17-8-3-2-4-9-17)22-19-12-11-16-7-5-6-10-18(16)14-19/h2-12,14-15,20H,13,21H2,1H3. The van der Waals surface area contributed by atoms with Crippen molar-refractivity contribution in [1.82, 2.24) is 0 Å². The average molecular weight is 291 g/mol. The number of benzene rings is 3. The number of nitrogens with two attached hydrogens (primary N) is 1. The summed E-state index contributed by atoms with van der Waals surface area (Å²) in [6.45, 7) is 2.01. The normalized spacial score (nSPS) is 13.7. The van der Waals surface area contributed by atoms with Crippen molar-refractivity contribution in [1.29, 1.82) is 0 Å². The fourth-order valence-electron chi connectivity index (χ4n) is 2.66. The van der Waals surface area contributed by atoms with Gasteiger partial charge in [0.05, 0.1) is 0 Å². The van der Waals surface area contributed by atoms with Crippen LogP contribution in [0.3, 0.4) is 0 Å². The van der Waals surface area contributed by atoms with Crippen LogP contribution >= 0.6 is 0 Å². The first-order chi connectivity index (χ1) is 10.7. The van der Waals surface area contributed by atoms with Crippen LogP contribution in [0.4, 0.5) is 0 Å². The Morgan fingerprint density at radius 2 is 1.55 bits per heavy atom. The minimum Gasteiger partial charge on any atom is -0.486 e. The van der Waals surface area contributed by atoms with E-state index in [1.165, 1.54) is 10.8 Å². The van der Waals surface area contributed by atoms with Crippen molar-refractivity contribution in [2.75, 3.05) is 0 Å². The first-order valence-electron chi connectivity index (χ1n) is 7.68. The highest BCUT2D eigenvalue weighted by molar-refractivity contribution is 5.83. The number of rotatable bonds is 5. The van der Waals surface area contributed by atoms with E-state index in [1.54, 1.807) is 0 Å². The van der Waals surface area contributed by atoms with E-state index in [1.807, 2.05) is 43.3 Å². The first kappa shape index (κ1) is 14.6.